The van der Waals surface area contributed by atoms with Gasteiger partial charge in [0.25, 0.3) is 0 Å². The predicted molar refractivity (Wildman–Crippen MR) is 97.3 cm³/mol. The minimum Gasteiger partial charge on any atom is -0.257 e. The number of hydrogen-bond acceptors (Lipinski definition) is 1. The summed E-state index contributed by atoms with van der Waals surface area (Å²) in [6.07, 6.45) is 1.99. The Hall–Kier alpha value is -2.61. The lowest BCUT2D eigenvalue weighted by molar-refractivity contribution is 1.35. The van der Waals surface area contributed by atoms with E-state index < -0.39 is 0 Å². The number of pyridine rings is 1. The second kappa shape index (κ2) is 5.30. The molecule has 3 aromatic carbocycles. The van der Waals surface area contributed by atoms with Crippen molar-refractivity contribution >= 4 is 34.3 Å². The summed E-state index contributed by atoms with van der Waals surface area (Å²) in [4.78, 5) is 4.68. The molecule has 4 rings (SSSR count). The molecule has 0 N–H and O–H groups in total. The lowest BCUT2D eigenvalue weighted by Gasteiger charge is -2.10. The van der Waals surface area contributed by atoms with Crippen molar-refractivity contribution in [1.82, 2.24) is 4.98 Å². The molecule has 0 saturated carbocycles. The van der Waals surface area contributed by atoms with Crippen LogP contribution >= 0.6 is 0 Å². The van der Waals surface area contributed by atoms with Crippen LogP contribution in [0.1, 0.15) is 0 Å². The van der Waals surface area contributed by atoms with Crippen molar-refractivity contribution in [3.8, 4) is 11.3 Å². The normalized spacial score (nSPS) is 11.0. The fourth-order valence-corrected chi connectivity index (χ4v) is 3.06. The van der Waals surface area contributed by atoms with Gasteiger partial charge in [0.05, 0.1) is 5.69 Å². The van der Waals surface area contributed by atoms with E-state index in [1.165, 1.54) is 32.6 Å². The molecule has 0 unspecified atom stereocenters. The van der Waals surface area contributed by atoms with Gasteiger partial charge in [0, 0.05) is 11.8 Å². The molecule has 1 nitrogen and oxygen atoms in total. The van der Waals surface area contributed by atoms with Gasteiger partial charge in [0.1, 0.15) is 0 Å². The van der Waals surface area contributed by atoms with Crippen molar-refractivity contribution in [2.24, 2.45) is 0 Å². The zero-order valence-electron chi connectivity index (χ0n) is 12.6. The van der Waals surface area contributed by atoms with Gasteiger partial charge in [-0.25, -0.2) is 0 Å². The van der Waals surface area contributed by atoms with Gasteiger partial charge in [-0.15, -0.1) is 0 Å². The summed E-state index contributed by atoms with van der Waals surface area (Å²) in [6.45, 7) is 2.15. The molecule has 0 atom stereocenters. The highest BCUT2D eigenvalue weighted by molar-refractivity contribution is 6.51. The van der Waals surface area contributed by atoms with Gasteiger partial charge in [-0.05, 0) is 33.7 Å². The summed E-state index contributed by atoms with van der Waals surface area (Å²) < 4.78 is 0. The molecule has 0 fully saturated rings. The van der Waals surface area contributed by atoms with Gasteiger partial charge in [0.15, 0.2) is 7.28 Å². The molecule has 2 heteroatoms. The highest BCUT2D eigenvalue weighted by atomic mass is 14.7. The van der Waals surface area contributed by atoms with Crippen molar-refractivity contribution in [2.45, 2.75) is 6.82 Å². The summed E-state index contributed by atoms with van der Waals surface area (Å²) in [5.41, 5.74) is 3.52. The maximum absolute atomic E-state index is 4.68. The molecule has 0 aliphatic heterocycles. The Morgan fingerprint density at radius 1 is 0.773 bits per heavy atom. The summed E-state index contributed by atoms with van der Waals surface area (Å²) in [6, 6.07) is 23.7. The van der Waals surface area contributed by atoms with Gasteiger partial charge in [-0.3, -0.25) is 4.98 Å². The van der Waals surface area contributed by atoms with Gasteiger partial charge < -0.3 is 0 Å². The first-order chi connectivity index (χ1) is 10.9. The van der Waals surface area contributed by atoms with Crippen LogP contribution in [-0.2, 0) is 0 Å². The Bertz CT molecular complexity index is 958. The molecule has 0 aliphatic carbocycles. The van der Waals surface area contributed by atoms with Crippen molar-refractivity contribution in [1.29, 1.82) is 0 Å². The summed E-state index contributed by atoms with van der Waals surface area (Å²) in [7, 11) is 1.02. The number of benzene rings is 3. The Morgan fingerprint density at radius 2 is 1.50 bits per heavy atom. The first-order valence-electron chi connectivity index (χ1n) is 7.72. The van der Waals surface area contributed by atoms with Crippen molar-refractivity contribution < 1.29 is 0 Å². The molecule has 0 spiro atoms. The Kier molecular flexibility index (Phi) is 3.15. The molecule has 1 aromatic heterocycles. The average Bonchev–Trinajstić information content (AvgIpc) is 2.61. The fraction of sp³-hybridized carbons (Fsp3) is 0.0500. The van der Waals surface area contributed by atoms with E-state index in [0.29, 0.717) is 0 Å². The van der Waals surface area contributed by atoms with E-state index in [2.05, 4.69) is 78.5 Å². The zero-order chi connectivity index (χ0) is 14.9. The molecule has 1 heterocycles. The molecule has 0 aliphatic rings. The van der Waals surface area contributed by atoms with Gasteiger partial charge in [-0.1, -0.05) is 66.9 Å². The minimum atomic E-state index is 1.02. The molecule has 104 valence electrons. The number of aromatic nitrogens is 1. The topological polar surface area (TPSA) is 12.9 Å². The van der Waals surface area contributed by atoms with Crippen molar-refractivity contribution in [3.63, 3.8) is 0 Å². The number of nitrogens with zero attached hydrogens (tertiary/aromatic N) is 1. The number of hydrogen-bond donors (Lipinski definition) is 0. The lowest BCUT2D eigenvalue weighted by Crippen LogP contribution is -2.10. The molecule has 4 aromatic rings. The van der Waals surface area contributed by atoms with Crippen LogP contribution in [0.3, 0.4) is 0 Å². The molecule has 0 saturated heterocycles. The van der Waals surface area contributed by atoms with Crippen LogP contribution < -0.4 is 5.46 Å². The average molecular weight is 281 g/mol. The predicted octanol–water partition coefficient (Wildman–Crippen LogP) is 4.16. The van der Waals surface area contributed by atoms with Gasteiger partial charge in [-0.2, -0.15) is 0 Å². The third-order valence-corrected chi connectivity index (χ3v) is 4.28. The summed E-state index contributed by atoms with van der Waals surface area (Å²) >= 11 is 0. The Morgan fingerprint density at radius 3 is 2.23 bits per heavy atom. The minimum absolute atomic E-state index is 1.02. The van der Waals surface area contributed by atoms with Crippen LogP contribution in [0, 0.1) is 0 Å². The van der Waals surface area contributed by atoms with E-state index in [-0.39, 0.29) is 0 Å². The first kappa shape index (κ1) is 13.1. The highest BCUT2D eigenvalue weighted by Gasteiger charge is 2.08. The maximum Gasteiger partial charge on any atom is 0.156 e. The zero-order valence-corrected chi connectivity index (χ0v) is 12.6. The van der Waals surface area contributed by atoms with Crippen molar-refractivity contribution in [3.05, 3.63) is 72.9 Å². The quantitative estimate of drug-likeness (QED) is 0.397. The van der Waals surface area contributed by atoms with E-state index in [4.69, 9.17) is 0 Å². The number of fused-ring (bicyclic) bond motifs is 3. The SMILES string of the molecule is CBc1ccc(-c2cc3ccccc3c3ccccc23)nc1. The van der Waals surface area contributed by atoms with Crippen molar-refractivity contribution in [2.75, 3.05) is 0 Å². The van der Waals surface area contributed by atoms with Crippen LogP contribution in [0.2, 0.25) is 6.82 Å². The monoisotopic (exact) mass is 281 g/mol. The third-order valence-electron chi connectivity index (χ3n) is 4.28. The van der Waals surface area contributed by atoms with Crippen LogP contribution in [-0.4, -0.2) is 12.3 Å². The largest absolute Gasteiger partial charge is 0.257 e. The molecule has 22 heavy (non-hydrogen) atoms. The Balaban J connectivity index is 2.06. The van der Waals surface area contributed by atoms with E-state index in [1.807, 2.05) is 6.20 Å². The third kappa shape index (κ3) is 2.08. The first-order valence-corrected chi connectivity index (χ1v) is 7.72. The second-order valence-electron chi connectivity index (χ2n) is 5.60. The Labute approximate surface area is 130 Å². The van der Waals surface area contributed by atoms with Crippen LogP contribution in [0.4, 0.5) is 0 Å². The van der Waals surface area contributed by atoms with Crippen LogP contribution in [0.5, 0.6) is 0 Å². The molecular weight excluding hydrogens is 265 g/mol. The second-order valence-corrected chi connectivity index (χ2v) is 5.60. The molecule has 0 bridgehead atoms. The maximum atomic E-state index is 4.68. The van der Waals surface area contributed by atoms with E-state index in [1.54, 1.807) is 0 Å². The molecular formula is C20H16BN. The van der Waals surface area contributed by atoms with Crippen LogP contribution in [0.15, 0.2) is 72.9 Å². The summed E-state index contributed by atoms with van der Waals surface area (Å²) in [5, 5.41) is 5.11. The van der Waals surface area contributed by atoms with Crippen LogP contribution in [0.25, 0.3) is 32.8 Å². The van der Waals surface area contributed by atoms with Gasteiger partial charge in [0.2, 0.25) is 0 Å². The molecule has 0 amide bonds. The highest BCUT2D eigenvalue weighted by Crippen LogP contribution is 2.33. The number of rotatable bonds is 2. The van der Waals surface area contributed by atoms with Gasteiger partial charge >= 0.3 is 0 Å². The lowest BCUT2D eigenvalue weighted by atomic mass is 9.74. The van der Waals surface area contributed by atoms with E-state index >= 15 is 0 Å². The fourth-order valence-electron chi connectivity index (χ4n) is 3.06. The van der Waals surface area contributed by atoms with E-state index in [9.17, 15) is 0 Å². The summed E-state index contributed by atoms with van der Waals surface area (Å²) in [5.74, 6) is 0. The van der Waals surface area contributed by atoms with E-state index in [0.717, 1.165) is 13.0 Å². The molecule has 0 radical (unpaired) electrons. The smallest absolute Gasteiger partial charge is 0.156 e. The standard InChI is InChI=1S/C20H16BN/c1-21-15-10-11-20(22-13-15)19-12-14-6-2-3-7-16(14)17-8-4-5-9-18(17)19/h2-13,21H,1H3.